The number of sulfone groups is 1. The van der Waals surface area contributed by atoms with Crippen molar-refractivity contribution in [2.45, 2.75) is 11.8 Å². The van der Waals surface area contributed by atoms with E-state index < -0.39 is 28.2 Å². The van der Waals surface area contributed by atoms with E-state index in [4.69, 9.17) is 0 Å². The van der Waals surface area contributed by atoms with Crippen molar-refractivity contribution in [3.8, 4) is 0 Å². The molecule has 2 rings (SSSR count). The van der Waals surface area contributed by atoms with Crippen LogP contribution < -0.4 is 4.90 Å². The standard InChI is InChI=1S/C12H12FNO4S/c1-8(15)9-2-3-10-11(6-9)19(17,18)7-12(16)14(10)5-4-13/h2-3,6H,4-5,7H2,1H3. The number of anilines is 1. The Balaban J connectivity index is 2.64. The van der Waals surface area contributed by atoms with Gasteiger partial charge in [-0.1, -0.05) is 0 Å². The zero-order chi connectivity index (χ0) is 14.2. The van der Waals surface area contributed by atoms with Gasteiger partial charge in [-0.3, -0.25) is 9.59 Å². The molecule has 1 aliphatic heterocycles. The molecule has 7 heteroatoms. The van der Waals surface area contributed by atoms with Gasteiger partial charge >= 0.3 is 0 Å². The molecule has 0 bridgehead atoms. The van der Waals surface area contributed by atoms with Gasteiger partial charge < -0.3 is 4.90 Å². The number of amides is 1. The molecule has 0 aliphatic carbocycles. The number of nitrogens with zero attached hydrogens (tertiary/aromatic N) is 1. The lowest BCUT2D eigenvalue weighted by molar-refractivity contribution is -0.116. The van der Waals surface area contributed by atoms with Crippen molar-refractivity contribution < 1.29 is 22.4 Å². The summed E-state index contributed by atoms with van der Waals surface area (Å²) in [6, 6.07) is 4.04. The van der Waals surface area contributed by atoms with E-state index in [-0.39, 0.29) is 28.5 Å². The van der Waals surface area contributed by atoms with Crippen LogP contribution in [0.25, 0.3) is 0 Å². The number of benzene rings is 1. The van der Waals surface area contributed by atoms with Gasteiger partial charge in [0.25, 0.3) is 0 Å². The molecule has 1 aliphatic rings. The molecule has 102 valence electrons. The topological polar surface area (TPSA) is 71.5 Å². The third-order valence-electron chi connectivity index (χ3n) is 2.91. The summed E-state index contributed by atoms with van der Waals surface area (Å²) in [5.41, 5.74) is 0.385. The van der Waals surface area contributed by atoms with Crippen LogP contribution in [-0.4, -0.2) is 39.1 Å². The van der Waals surface area contributed by atoms with Gasteiger partial charge in [0, 0.05) is 5.56 Å². The van der Waals surface area contributed by atoms with Crippen molar-refractivity contribution in [2.24, 2.45) is 0 Å². The molecule has 0 spiro atoms. The van der Waals surface area contributed by atoms with Crippen LogP contribution in [0.5, 0.6) is 0 Å². The summed E-state index contributed by atoms with van der Waals surface area (Å²) in [4.78, 5) is 24.0. The number of ketones is 1. The molecule has 0 saturated heterocycles. The third kappa shape index (κ3) is 2.37. The second kappa shape index (κ2) is 4.73. The maximum atomic E-state index is 12.4. The first-order valence-corrected chi connectivity index (χ1v) is 7.26. The zero-order valence-electron chi connectivity index (χ0n) is 10.2. The zero-order valence-corrected chi connectivity index (χ0v) is 11.0. The Morgan fingerprint density at radius 3 is 2.68 bits per heavy atom. The normalized spacial score (nSPS) is 17.2. The minimum Gasteiger partial charge on any atom is -0.308 e. The summed E-state index contributed by atoms with van der Waals surface area (Å²) in [7, 11) is -3.76. The van der Waals surface area contributed by atoms with Gasteiger partial charge in [-0.15, -0.1) is 0 Å². The fourth-order valence-electron chi connectivity index (χ4n) is 1.99. The van der Waals surface area contributed by atoms with Gasteiger partial charge in [-0.2, -0.15) is 0 Å². The summed E-state index contributed by atoms with van der Waals surface area (Å²) in [6.07, 6.45) is 0. The number of carbonyl (C=O) groups excluding carboxylic acids is 2. The van der Waals surface area contributed by atoms with Crippen molar-refractivity contribution in [2.75, 3.05) is 23.9 Å². The molecule has 5 nitrogen and oxygen atoms in total. The molecule has 19 heavy (non-hydrogen) atoms. The number of fused-ring (bicyclic) bond motifs is 1. The van der Waals surface area contributed by atoms with E-state index in [1.54, 1.807) is 0 Å². The minimum atomic E-state index is -3.76. The van der Waals surface area contributed by atoms with Gasteiger partial charge in [0.2, 0.25) is 5.91 Å². The Labute approximate surface area is 109 Å². The fraction of sp³-hybridized carbons (Fsp3) is 0.333. The van der Waals surface area contributed by atoms with E-state index in [0.717, 1.165) is 4.90 Å². The molecule has 1 amide bonds. The molecule has 0 atom stereocenters. The maximum Gasteiger partial charge on any atom is 0.242 e. The predicted molar refractivity (Wildman–Crippen MR) is 66.8 cm³/mol. The number of alkyl halides is 1. The van der Waals surface area contributed by atoms with Crippen LogP contribution in [0.2, 0.25) is 0 Å². The van der Waals surface area contributed by atoms with E-state index in [0.29, 0.717) is 0 Å². The Kier molecular flexibility index (Phi) is 3.40. The Hall–Kier alpha value is -1.76. The van der Waals surface area contributed by atoms with Crippen LogP contribution in [0, 0.1) is 0 Å². The number of halogens is 1. The molecule has 0 saturated carbocycles. The van der Waals surface area contributed by atoms with Gasteiger partial charge in [0.1, 0.15) is 12.4 Å². The lowest BCUT2D eigenvalue weighted by Gasteiger charge is -2.28. The molecule has 0 fully saturated rings. The number of hydrogen-bond donors (Lipinski definition) is 0. The van der Waals surface area contributed by atoms with Crippen LogP contribution in [0.3, 0.4) is 0 Å². The lowest BCUT2D eigenvalue weighted by Crippen LogP contribution is -2.42. The molecular weight excluding hydrogens is 273 g/mol. The molecule has 0 radical (unpaired) electrons. The molecule has 0 aromatic heterocycles. The number of rotatable bonds is 3. The highest BCUT2D eigenvalue weighted by molar-refractivity contribution is 7.92. The second-order valence-corrected chi connectivity index (χ2v) is 6.19. The highest BCUT2D eigenvalue weighted by Crippen LogP contribution is 2.32. The molecule has 1 heterocycles. The van der Waals surface area contributed by atoms with E-state index in [1.807, 2.05) is 0 Å². The van der Waals surface area contributed by atoms with Crippen molar-refractivity contribution in [1.29, 1.82) is 0 Å². The third-order valence-corrected chi connectivity index (χ3v) is 4.54. The average molecular weight is 285 g/mol. The smallest absolute Gasteiger partial charge is 0.242 e. The Morgan fingerprint density at radius 1 is 1.42 bits per heavy atom. The van der Waals surface area contributed by atoms with Gasteiger partial charge in [-0.25, -0.2) is 12.8 Å². The largest absolute Gasteiger partial charge is 0.308 e. The summed E-state index contributed by atoms with van der Waals surface area (Å²) < 4.78 is 36.4. The Bertz CT molecular complexity index is 654. The van der Waals surface area contributed by atoms with E-state index >= 15 is 0 Å². The van der Waals surface area contributed by atoms with Crippen LogP contribution in [0.15, 0.2) is 23.1 Å². The van der Waals surface area contributed by atoms with E-state index in [2.05, 4.69) is 0 Å². The monoisotopic (exact) mass is 285 g/mol. The summed E-state index contributed by atoms with van der Waals surface area (Å²) >= 11 is 0. The molecule has 0 N–H and O–H groups in total. The van der Waals surface area contributed by atoms with Crippen LogP contribution in [-0.2, 0) is 14.6 Å². The molecule has 1 aromatic carbocycles. The van der Waals surface area contributed by atoms with Crippen molar-refractivity contribution >= 4 is 27.2 Å². The number of Topliss-reactive ketones (excluding diaryl/α,β-unsaturated/α-hetero) is 1. The molecule has 1 aromatic rings. The lowest BCUT2D eigenvalue weighted by atomic mass is 10.1. The summed E-state index contributed by atoms with van der Waals surface area (Å²) in [6.45, 7) is 0.363. The van der Waals surface area contributed by atoms with Gasteiger partial charge in [0.15, 0.2) is 15.6 Å². The predicted octanol–water partition coefficient (Wildman–Crippen LogP) is 0.979. The SMILES string of the molecule is CC(=O)c1ccc2c(c1)S(=O)(=O)CC(=O)N2CCF. The van der Waals surface area contributed by atoms with Crippen molar-refractivity contribution in [3.63, 3.8) is 0 Å². The van der Waals surface area contributed by atoms with Crippen LogP contribution >= 0.6 is 0 Å². The fourth-order valence-corrected chi connectivity index (χ4v) is 3.43. The van der Waals surface area contributed by atoms with Crippen LogP contribution in [0.1, 0.15) is 17.3 Å². The molecule has 0 unspecified atom stereocenters. The second-order valence-electron chi connectivity index (χ2n) is 4.23. The quantitative estimate of drug-likeness (QED) is 0.776. The van der Waals surface area contributed by atoms with E-state index in [1.165, 1.54) is 25.1 Å². The number of carbonyl (C=O) groups is 2. The van der Waals surface area contributed by atoms with E-state index in [9.17, 15) is 22.4 Å². The Morgan fingerprint density at radius 2 is 2.11 bits per heavy atom. The average Bonchev–Trinajstić information content (AvgIpc) is 2.33. The molecular formula is C12H12FNO4S. The first-order valence-electron chi connectivity index (χ1n) is 5.61. The maximum absolute atomic E-state index is 12.4. The van der Waals surface area contributed by atoms with Crippen molar-refractivity contribution in [1.82, 2.24) is 0 Å². The first kappa shape index (κ1) is 13.7. The highest BCUT2D eigenvalue weighted by atomic mass is 32.2. The number of hydrogen-bond acceptors (Lipinski definition) is 4. The summed E-state index contributed by atoms with van der Waals surface area (Å²) in [5, 5.41) is 0. The minimum absolute atomic E-state index is 0.0896. The summed E-state index contributed by atoms with van der Waals surface area (Å²) in [5.74, 6) is -1.62. The van der Waals surface area contributed by atoms with Gasteiger partial charge in [0.05, 0.1) is 17.1 Å². The first-order chi connectivity index (χ1) is 8.86. The van der Waals surface area contributed by atoms with Crippen molar-refractivity contribution in [3.05, 3.63) is 23.8 Å². The van der Waals surface area contributed by atoms with Crippen LogP contribution in [0.4, 0.5) is 10.1 Å². The highest BCUT2D eigenvalue weighted by Gasteiger charge is 2.34. The van der Waals surface area contributed by atoms with Gasteiger partial charge in [-0.05, 0) is 25.1 Å².